The molecular weight excluding hydrogens is 326 g/mol. The van der Waals surface area contributed by atoms with Crippen molar-refractivity contribution in [2.45, 2.75) is 70.9 Å². The lowest BCUT2D eigenvalue weighted by Crippen LogP contribution is -2.41. The van der Waals surface area contributed by atoms with Crippen LogP contribution in [0.25, 0.3) is 0 Å². The summed E-state index contributed by atoms with van der Waals surface area (Å²) >= 11 is 0. The van der Waals surface area contributed by atoms with E-state index in [-0.39, 0.29) is 18.3 Å². The van der Waals surface area contributed by atoms with Gasteiger partial charge < -0.3 is 10.2 Å². The van der Waals surface area contributed by atoms with Crippen LogP contribution >= 0.6 is 12.4 Å². The van der Waals surface area contributed by atoms with Gasteiger partial charge in [-0.2, -0.15) is 0 Å². The zero-order valence-electron chi connectivity index (χ0n) is 14.8. The van der Waals surface area contributed by atoms with Crippen molar-refractivity contribution in [3.63, 3.8) is 0 Å². The number of hydrogen-bond donors (Lipinski definition) is 1. The van der Waals surface area contributed by atoms with Gasteiger partial charge in [-0.05, 0) is 52.6 Å². The molecule has 7 heteroatoms. The molecule has 0 radical (unpaired) electrons. The van der Waals surface area contributed by atoms with E-state index in [0.29, 0.717) is 17.8 Å². The Morgan fingerprint density at radius 2 is 1.88 bits per heavy atom. The minimum absolute atomic E-state index is 0. The highest BCUT2D eigenvalue weighted by molar-refractivity contribution is 5.93. The van der Waals surface area contributed by atoms with Crippen LogP contribution in [0, 0.1) is 6.92 Å². The standard InChI is InChI=1S/C17H29N5O.ClH/c1-3-21(14-7-5-4-6-8-14)17(23)16-13(2)22(20-19-16)15-9-11-18-12-10-15;/h14-15,18H,3-12H2,1-2H3;1H. The number of hydrogen-bond acceptors (Lipinski definition) is 4. The number of aromatic nitrogens is 3. The highest BCUT2D eigenvalue weighted by Gasteiger charge is 2.29. The van der Waals surface area contributed by atoms with Crippen molar-refractivity contribution in [2.75, 3.05) is 19.6 Å². The Bertz CT molecular complexity index is 535. The predicted octanol–water partition coefficient (Wildman–Crippen LogP) is 2.73. The molecule has 1 aromatic heterocycles. The molecule has 1 saturated carbocycles. The molecule has 2 heterocycles. The summed E-state index contributed by atoms with van der Waals surface area (Å²) in [6, 6.07) is 0.750. The van der Waals surface area contributed by atoms with Gasteiger partial charge in [0.15, 0.2) is 5.69 Å². The summed E-state index contributed by atoms with van der Waals surface area (Å²) in [4.78, 5) is 15.0. The number of carbonyl (C=O) groups excluding carboxylic acids is 1. The molecule has 1 N–H and O–H groups in total. The first-order valence-corrected chi connectivity index (χ1v) is 9.15. The van der Waals surface area contributed by atoms with Crippen molar-refractivity contribution in [2.24, 2.45) is 0 Å². The van der Waals surface area contributed by atoms with Crippen molar-refractivity contribution < 1.29 is 4.79 Å². The summed E-state index contributed by atoms with van der Waals surface area (Å²) in [5.74, 6) is 0.0667. The van der Waals surface area contributed by atoms with Crippen LogP contribution in [0.5, 0.6) is 0 Å². The van der Waals surface area contributed by atoms with Crippen LogP contribution in [0.1, 0.15) is 74.1 Å². The van der Waals surface area contributed by atoms with Gasteiger partial charge in [0.05, 0.1) is 11.7 Å². The van der Waals surface area contributed by atoms with Crippen molar-refractivity contribution in [3.05, 3.63) is 11.4 Å². The number of halogens is 1. The zero-order chi connectivity index (χ0) is 16.2. The van der Waals surface area contributed by atoms with Gasteiger partial charge in [-0.3, -0.25) is 4.79 Å². The molecule has 136 valence electrons. The fourth-order valence-electron chi connectivity index (χ4n) is 4.03. The van der Waals surface area contributed by atoms with Gasteiger partial charge in [0.25, 0.3) is 5.91 Å². The predicted molar refractivity (Wildman–Crippen MR) is 96.7 cm³/mol. The monoisotopic (exact) mass is 355 g/mol. The summed E-state index contributed by atoms with van der Waals surface area (Å²) in [5.41, 5.74) is 1.48. The fraction of sp³-hybridized carbons (Fsp3) is 0.824. The van der Waals surface area contributed by atoms with E-state index in [1.165, 1.54) is 19.3 Å². The largest absolute Gasteiger partial charge is 0.334 e. The second-order valence-electron chi connectivity index (χ2n) is 6.83. The molecule has 1 aliphatic carbocycles. The van der Waals surface area contributed by atoms with Gasteiger partial charge >= 0.3 is 0 Å². The van der Waals surface area contributed by atoms with E-state index in [0.717, 1.165) is 51.0 Å². The Morgan fingerprint density at radius 1 is 1.21 bits per heavy atom. The molecule has 0 bridgehead atoms. The SMILES string of the molecule is CCN(C(=O)c1nnn(C2CCNCC2)c1C)C1CCCCC1.Cl. The maximum Gasteiger partial charge on any atom is 0.276 e. The van der Waals surface area contributed by atoms with E-state index >= 15 is 0 Å². The van der Waals surface area contributed by atoms with E-state index < -0.39 is 0 Å². The number of nitrogens with zero attached hydrogens (tertiary/aromatic N) is 4. The quantitative estimate of drug-likeness (QED) is 0.902. The van der Waals surface area contributed by atoms with E-state index in [1.54, 1.807) is 0 Å². The minimum Gasteiger partial charge on any atom is -0.334 e. The summed E-state index contributed by atoms with van der Waals surface area (Å²) in [6.45, 7) is 6.83. The summed E-state index contributed by atoms with van der Waals surface area (Å²) in [6.07, 6.45) is 8.12. The van der Waals surface area contributed by atoms with E-state index in [4.69, 9.17) is 0 Å². The minimum atomic E-state index is 0. The van der Waals surface area contributed by atoms with Crippen LogP contribution in [0.15, 0.2) is 0 Å². The molecular formula is C17H30ClN5O. The van der Waals surface area contributed by atoms with E-state index in [1.807, 2.05) is 16.5 Å². The number of carbonyl (C=O) groups is 1. The summed E-state index contributed by atoms with van der Waals surface area (Å²) in [5, 5.41) is 11.9. The Labute approximate surface area is 150 Å². The van der Waals surface area contributed by atoms with Crippen molar-refractivity contribution in [1.29, 1.82) is 0 Å². The zero-order valence-corrected chi connectivity index (χ0v) is 15.6. The van der Waals surface area contributed by atoms with Crippen LogP contribution in [0.2, 0.25) is 0 Å². The molecule has 1 aromatic rings. The third-order valence-electron chi connectivity index (χ3n) is 5.40. The van der Waals surface area contributed by atoms with Crippen LogP contribution < -0.4 is 5.32 Å². The van der Waals surface area contributed by atoms with E-state index in [9.17, 15) is 4.79 Å². The van der Waals surface area contributed by atoms with Gasteiger partial charge in [0.1, 0.15) is 0 Å². The van der Waals surface area contributed by atoms with Gasteiger partial charge in [-0.1, -0.05) is 24.5 Å². The third-order valence-corrected chi connectivity index (χ3v) is 5.40. The maximum atomic E-state index is 13.0. The van der Waals surface area contributed by atoms with Crippen molar-refractivity contribution in [3.8, 4) is 0 Å². The molecule has 0 unspecified atom stereocenters. The summed E-state index contributed by atoms with van der Waals surface area (Å²) in [7, 11) is 0. The second-order valence-corrected chi connectivity index (χ2v) is 6.83. The summed E-state index contributed by atoms with van der Waals surface area (Å²) < 4.78 is 1.97. The highest BCUT2D eigenvalue weighted by Crippen LogP contribution is 2.25. The number of piperidine rings is 1. The van der Waals surface area contributed by atoms with Crippen molar-refractivity contribution in [1.82, 2.24) is 25.2 Å². The average molecular weight is 356 g/mol. The highest BCUT2D eigenvalue weighted by atomic mass is 35.5. The lowest BCUT2D eigenvalue weighted by molar-refractivity contribution is 0.0641. The molecule has 6 nitrogen and oxygen atoms in total. The topological polar surface area (TPSA) is 63.1 Å². The Morgan fingerprint density at radius 3 is 2.50 bits per heavy atom. The lowest BCUT2D eigenvalue weighted by Gasteiger charge is -2.33. The third kappa shape index (κ3) is 3.91. The van der Waals surface area contributed by atoms with Crippen LogP contribution in [-0.2, 0) is 0 Å². The van der Waals surface area contributed by atoms with Gasteiger partial charge in [0, 0.05) is 12.6 Å². The first-order chi connectivity index (χ1) is 11.2. The van der Waals surface area contributed by atoms with E-state index in [2.05, 4.69) is 22.6 Å². The first-order valence-electron chi connectivity index (χ1n) is 9.15. The molecule has 3 rings (SSSR count). The number of amides is 1. The molecule has 1 aliphatic heterocycles. The van der Waals surface area contributed by atoms with Gasteiger partial charge in [0.2, 0.25) is 0 Å². The molecule has 0 aromatic carbocycles. The second kappa shape index (κ2) is 8.81. The molecule has 2 aliphatic rings. The van der Waals surface area contributed by atoms with Crippen LogP contribution in [0.4, 0.5) is 0 Å². The molecule has 0 spiro atoms. The molecule has 24 heavy (non-hydrogen) atoms. The number of nitrogens with one attached hydrogen (secondary N) is 1. The number of rotatable bonds is 4. The Kier molecular flexibility index (Phi) is 7.04. The lowest BCUT2D eigenvalue weighted by atomic mass is 9.94. The smallest absolute Gasteiger partial charge is 0.276 e. The molecule has 2 fully saturated rings. The van der Waals surface area contributed by atoms with Crippen LogP contribution in [-0.4, -0.2) is 51.5 Å². The molecule has 1 amide bonds. The molecule has 0 atom stereocenters. The Hall–Kier alpha value is -1.14. The van der Waals surface area contributed by atoms with Gasteiger partial charge in [-0.15, -0.1) is 17.5 Å². The first kappa shape index (κ1) is 19.2. The fourth-order valence-corrected chi connectivity index (χ4v) is 4.03. The normalized spacial score (nSPS) is 19.8. The maximum absolute atomic E-state index is 13.0. The molecule has 1 saturated heterocycles. The van der Waals surface area contributed by atoms with Crippen molar-refractivity contribution >= 4 is 18.3 Å². The van der Waals surface area contributed by atoms with Gasteiger partial charge in [-0.25, -0.2) is 4.68 Å². The average Bonchev–Trinajstić information content (AvgIpc) is 2.99. The van der Waals surface area contributed by atoms with Crippen LogP contribution in [0.3, 0.4) is 0 Å². The Balaban J connectivity index is 0.00000208.